The Labute approximate surface area is 149 Å². The number of aliphatic hydroxyl groups excluding tert-OH is 1. The summed E-state index contributed by atoms with van der Waals surface area (Å²) in [4.78, 5) is 12.3. The van der Waals surface area contributed by atoms with E-state index in [0.29, 0.717) is 12.8 Å². The van der Waals surface area contributed by atoms with Crippen molar-refractivity contribution in [1.29, 1.82) is 0 Å². The number of methoxy groups -OCH3 is 1. The zero-order valence-electron chi connectivity index (χ0n) is 15.1. The van der Waals surface area contributed by atoms with Gasteiger partial charge in [-0.15, -0.1) is 0 Å². The molecule has 2 aromatic carbocycles. The summed E-state index contributed by atoms with van der Waals surface area (Å²) in [5.74, 6) is 0.757. The number of rotatable bonds is 8. The third kappa shape index (κ3) is 5.61. The summed E-state index contributed by atoms with van der Waals surface area (Å²) in [6.45, 7) is 3.84. The molecule has 0 aliphatic carbocycles. The summed E-state index contributed by atoms with van der Waals surface area (Å²) in [6.07, 6.45) is 0.251. The molecule has 0 bridgehead atoms. The van der Waals surface area contributed by atoms with Gasteiger partial charge in [0.05, 0.1) is 19.3 Å². The highest BCUT2D eigenvalue weighted by atomic mass is 16.5. The van der Waals surface area contributed by atoms with Crippen LogP contribution in [0.1, 0.15) is 37.3 Å². The van der Waals surface area contributed by atoms with Crippen molar-refractivity contribution < 1.29 is 14.6 Å². The predicted molar refractivity (Wildman–Crippen MR) is 99.8 cm³/mol. The first-order chi connectivity index (χ1) is 12.0. The fraction of sp³-hybridized carbons (Fsp3) is 0.381. The maximum atomic E-state index is 12.3. The zero-order valence-corrected chi connectivity index (χ0v) is 15.1. The molecule has 3 atom stereocenters. The smallest absolute Gasteiger partial charge is 0.220 e. The predicted octanol–water partition coefficient (Wildman–Crippen LogP) is 3.30. The van der Waals surface area contributed by atoms with E-state index in [4.69, 9.17) is 4.74 Å². The second kappa shape index (κ2) is 9.23. The Balaban J connectivity index is 1.88. The molecule has 0 aliphatic rings. The van der Waals surface area contributed by atoms with E-state index in [1.54, 1.807) is 7.11 Å². The van der Waals surface area contributed by atoms with Crippen LogP contribution in [0, 0.1) is 0 Å². The summed E-state index contributed by atoms with van der Waals surface area (Å²) in [5.41, 5.74) is 2.07. The van der Waals surface area contributed by atoms with Crippen LogP contribution in [0.15, 0.2) is 54.6 Å². The van der Waals surface area contributed by atoms with Gasteiger partial charge >= 0.3 is 0 Å². The second-order valence-corrected chi connectivity index (χ2v) is 6.46. The molecule has 0 heterocycles. The van der Waals surface area contributed by atoms with Crippen molar-refractivity contribution in [2.45, 2.75) is 44.8 Å². The van der Waals surface area contributed by atoms with Crippen LogP contribution in [-0.4, -0.2) is 30.3 Å². The molecule has 0 spiro atoms. The maximum Gasteiger partial charge on any atom is 0.220 e. The van der Waals surface area contributed by atoms with Gasteiger partial charge in [0.15, 0.2) is 0 Å². The first kappa shape index (κ1) is 19.0. The fourth-order valence-electron chi connectivity index (χ4n) is 2.90. The number of carbonyl (C=O) groups excluding carboxylic acids is 1. The van der Waals surface area contributed by atoms with E-state index in [9.17, 15) is 9.90 Å². The van der Waals surface area contributed by atoms with Crippen molar-refractivity contribution in [2.75, 3.05) is 7.11 Å². The molecule has 134 valence electrons. The van der Waals surface area contributed by atoms with Gasteiger partial charge in [-0.25, -0.2) is 0 Å². The number of nitrogens with one attached hydrogen (secondary N) is 1. The summed E-state index contributed by atoms with van der Waals surface area (Å²) in [6, 6.07) is 17.2. The van der Waals surface area contributed by atoms with Crippen LogP contribution in [0.5, 0.6) is 5.75 Å². The van der Waals surface area contributed by atoms with Gasteiger partial charge in [0, 0.05) is 12.8 Å². The molecule has 0 fully saturated rings. The fourth-order valence-corrected chi connectivity index (χ4v) is 2.90. The molecular formula is C21H27NO3. The number of hydrogen-bond donors (Lipinski definition) is 2. The van der Waals surface area contributed by atoms with Gasteiger partial charge in [0.1, 0.15) is 5.75 Å². The Morgan fingerprint density at radius 2 is 1.72 bits per heavy atom. The summed E-state index contributed by atoms with van der Waals surface area (Å²) < 4.78 is 5.36. The molecule has 0 aliphatic heterocycles. The Hall–Kier alpha value is -2.33. The molecule has 1 amide bonds. The number of hydrogen-bond acceptors (Lipinski definition) is 3. The molecule has 3 unspecified atom stereocenters. The molecule has 4 nitrogen and oxygen atoms in total. The largest absolute Gasteiger partial charge is 0.496 e. The quantitative estimate of drug-likeness (QED) is 0.774. The van der Waals surface area contributed by atoms with Gasteiger partial charge in [-0.05, 0) is 30.0 Å². The normalized spacial score (nSPS) is 14.4. The van der Waals surface area contributed by atoms with Crippen LogP contribution in [0.3, 0.4) is 0 Å². The lowest BCUT2D eigenvalue weighted by atomic mass is 9.96. The Morgan fingerprint density at radius 1 is 1.08 bits per heavy atom. The van der Waals surface area contributed by atoms with Gasteiger partial charge in [0.2, 0.25) is 5.91 Å². The van der Waals surface area contributed by atoms with E-state index < -0.39 is 6.10 Å². The van der Waals surface area contributed by atoms with Gasteiger partial charge in [-0.2, -0.15) is 0 Å². The number of ether oxygens (including phenoxy) is 1. The lowest BCUT2D eigenvalue weighted by Crippen LogP contribution is -2.42. The minimum atomic E-state index is -0.618. The molecule has 25 heavy (non-hydrogen) atoms. The second-order valence-electron chi connectivity index (χ2n) is 6.46. The number of aliphatic hydroxyl groups is 1. The van der Waals surface area contributed by atoms with Crippen LogP contribution < -0.4 is 10.1 Å². The molecule has 2 N–H and O–H groups in total. The first-order valence-electron chi connectivity index (χ1n) is 8.65. The van der Waals surface area contributed by atoms with E-state index in [2.05, 4.69) is 5.32 Å². The first-order valence-corrected chi connectivity index (χ1v) is 8.65. The SMILES string of the molecule is COc1ccccc1C(C)CC(=O)NC(C)C(O)Cc1ccccc1. The van der Waals surface area contributed by atoms with Gasteiger partial charge in [-0.1, -0.05) is 55.5 Å². The highest BCUT2D eigenvalue weighted by Gasteiger charge is 2.20. The summed E-state index contributed by atoms with van der Waals surface area (Å²) in [5, 5.41) is 13.2. The van der Waals surface area contributed by atoms with Gasteiger partial charge in [-0.3, -0.25) is 4.79 Å². The van der Waals surface area contributed by atoms with Crippen molar-refractivity contribution in [3.8, 4) is 5.75 Å². The highest BCUT2D eigenvalue weighted by Crippen LogP contribution is 2.28. The van der Waals surface area contributed by atoms with Crippen LogP contribution in [0.2, 0.25) is 0 Å². The van der Waals surface area contributed by atoms with E-state index in [-0.39, 0.29) is 17.9 Å². The van der Waals surface area contributed by atoms with Crippen molar-refractivity contribution >= 4 is 5.91 Å². The number of para-hydroxylation sites is 1. The van der Waals surface area contributed by atoms with Crippen molar-refractivity contribution in [1.82, 2.24) is 5.32 Å². The summed E-state index contributed by atoms with van der Waals surface area (Å²) in [7, 11) is 1.63. The topological polar surface area (TPSA) is 58.6 Å². The van der Waals surface area contributed by atoms with Crippen LogP contribution >= 0.6 is 0 Å². The Morgan fingerprint density at radius 3 is 2.40 bits per heavy atom. The molecule has 0 radical (unpaired) electrons. The average Bonchev–Trinajstić information content (AvgIpc) is 2.62. The third-order valence-electron chi connectivity index (χ3n) is 4.41. The molecular weight excluding hydrogens is 314 g/mol. The standard InChI is InChI=1S/C21H27NO3/c1-15(18-11-7-8-12-20(18)25-3)13-21(24)22-16(2)19(23)14-17-9-5-4-6-10-17/h4-12,15-16,19,23H,13-14H2,1-3H3,(H,22,24). The van der Waals surface area contributed by atoms with Crippen LogP contribution in [0.4, 0.5) is 0 Å². The van der Waals surface area contributed by atoms with E-state index >= 15 is 0 Å². The monoisotopic (exact) mass is 341 g/mol. The number of benzene rings is 2. The van der Waals surface area contributed by atoms with Crippen molar-refractivity contribution in [3.63, 3.8) is 0 Å². The average molecular weight is 341 g/mol. The molecule has 0 aromatic heterocycles. The summed E-state index contributed by atoms with van der Waals surface area (Å²) >= 11 is 0. The van der Waals surface area contributed by atoms with Crippen molar-refractivity contribution in [3.05, 3.63) is 65.7 Å². The Bertz CT molecular complexity index is 672. The highest BCUT2D eigenvalue weighted by molar-refractivity contribution is 5.77. The number of amides is 1. The van der Waals surface area contributed by atoms with Crippen LogP contribution in [-0.2, 0) is 11.2 Å². The van der Waals surface area contributed by atoms with Crippen molar-refractivity contribution in [2.24, 2.45) is 0 Å². The van der Waals surface area contributed by atoms with E-state index in [1.807, 2.05) is 68.4 Å². The third-order valence-corrected chi connectivity index (χ3v) is 4.41. The molecule has 4 heteroatoms. The zero-order chi connectivity index (χ0) is 18.2. The Kier molecular flexibility index (Phi) is 7.02. The lowest BCUT2D eigenvalue weighted by Gasteiger charge is -2.22. The molecule has 0 saturated carbocycles. The molecule has 2 rings (SSSR count). The van der Waals surface area contributed by atoms with Crippen LogP contribution in [0.25, 0.3) is 0 Å². The lowest BCUT2D eigenvalue weighted by molar-refractivity contribution is -0.122. The molecule has 2 aromatic rings. The number of carbonyl (C=O) groups is 1. The van der Waals surface area contributed by atoms with E-state index in [1.165, 1.54) is 0 Å². The molecule has 0 saturated heterocycles. The van der Waals surface area contributed by atoms with Gasteiger partial charge in [0.25, 0.3) is 0 Å². The minimum absolute atomic E-state index is 0.0367. The van der Waals surface area contributed by atoms with Gasteiger partial charge < -0.3 is 15.2 Å². The van der Waals surface area contributed by atoms with E-state index in [0.717, 1.165) is 16.9 Å². The minimum Gasteiger partial charge on any atom is -0.496 e. The maximum absolute atomic E-state index is 12.3.